The molecule has 0 saturated heterocycles. The van der Waals surface area contributed by atoms with Gasteiger partial charge in [0.1, 0.15) is 11.4 Å². The molecule has 0 aliphatic rings. The minimum Gasteiger partial charge on any atom is -0.445 e. The summed E-state index contributed by atoms with van der Waals surface area (Å²) in [6.07, 6.45) is 0. The Hall–Kier alpha value is -5.19. The summed E-state index contributed by atoms with van der Waals surface area (Å²) in [6.45, 7) is 0. The summed E-state index contributed by atoms with van der Waals surface area (Å²) in [5.74, 6) is 0.908. The number of nitrogens with zero attached hydrogens (tertiary/aromatic N) is 2. The van der Waals surface area contributed by atoms with Crippen LogP contribution in [0.5, 0.6) is 0 Å². The van der Waals surface area contributed by atoms with Crippen LogP contribution in [-0.2, 0) is 0 Å². The van der Waals surface area contributed by atoms with E-state index in [1.54, 1.807) is 11.3 Å². The zero-order chi connectivity index (χ0) is 26.9. The Morgan fingerprint density at radius 3 is 2.05 bits per heavy atom. The average molecular weight is 543 g/mol. The number of thiophene rings is 1. The van der Waals surface area contributed by atoms with Crippen molar-refractivity contribution in [3.63, 3.8) is 0 Å². The number of fused-ring (bicyclic) bond motifs is 8. The van der Waals surface area contributed by atoms with Crippen LogP contribution in [-0.4, -0.2) is 9.55 Å². The Balaban J connectivity index is 1.23. The zero-order valence-corrected chi connectivity index (χ0v) is 22.7. The third-order valence-electron chi connectivity index (χ3n) is 8.05. The van der Waals surface area contributed by atoms with Crippen molar-refractivity contribution in [1.29, 1.82) is 0 Å². The monoisotopic (exact) mass is 542 g/mol. The lowest BCUT2D eigenvalue weighted by Crippen LogP contribution is -1.98. The summed E-state index contributed by atoms with van der Waals surface area (Å²) in [4.78, 5) is 6.16. The Bertz CT molecular complexity index is 2370. The standard InChI is InChI=1S/C37H22N2OS/c1-2-9-23(10-3-1)24-18-20-34-29(21-24)36-28-22-25(17-19-33(28)40-37(36)41-34)30-13-8-16-35(38-30)39-31-14-6-4-11-26(31)27-12-5-7-15-32(27)39/h1-22H. The maximum Gasteiger partial charge on any atom is 0.190 e. The number of benzene rings is 5. The molecule has 9 aromatic rings. The number of rotatable bonds is 3. The van der Waals surface area contributed by atoms with Crippen LogP contribution >= 0.6 is 11.3 Å². The fourth-order valence-electron chi connectivity index (χ4n) is 6.16. The predicted molar refractivity (Wildman–Crippen MR) is 172 cm³/mol. The van der Waals surface area contributed by atoms with Crippen molar-refractivity contribution in [1.82, 2.24) is 9.55 Å². The summed E-state index contributed by atoms with van der Waals surface area (Å²) in [6, 6.07) is 47.1. The molecule has 0 unspecified atom stereocenters. The number of furan rings is 1. The van der Waals surface area contributed by atoms with Crippen LogP contribution in [0.3, 0.4) is 0 Å². The number of hydrogen-bond donors (Lipinski definition) is 0. The fourth-order valence-corrected chi connectivity index (χ4v) is 7.22. The first kappa shape index (κ1) is 22.6. The Kier molecular flexibility index (Phi) is 4.77. The normalized spacial score (nSPS) is 11.9. The molecule has 41 heavy (non-hydrogen) atoms. The molecular formula is C37H22N2OS. The molecule has 0 atom stereocenters. The third kappa shape index (κ3) is 3.41. The molecule has 192 valence electrons. The van der Waals surface area contributed by atoms with E-state index in [2.05, 4.69) is 138 Å². The van der Waals surface area contributed by atoms with E-state index in [1.807, 2.05) is 0 Å². The van der Waals surface area contributed by atoms with Gasteiger partial charge in [0.15, 0.2) is 4.90 Å². The summed E-state index contributed by atoms with van der Waals surface area (Å²) < 4.78 is 9.84. The van der Waals surface area contributed by atoms with Crippen LogP contribution in [0.25, 0.3) is 81.3 Å². The van der Waals surface area contributed by atoms with Crippen LogP contribution in [0.2, 0.25) is 0 Å². The van der Waals surface area contributed by atoms with Gasteiger partial charge in [0.25, 0.3) is 0 Å². The molecule has 0 amide bonds. The van der Waals surface area contributed by atoms with Gasteiger partial charge in [-0.1, -0.05) is 90.2 Å². The van der Waals surface area contributed by atoms with Crippen molar-refractivity contribution in [3.8, 4) is 28.2 Å². The number of para-hydroxylation sites is 2. The van der Waals surface area contributed by atoms with Crippen molar-refractivity contribution in [2.24, 2.45) is 0 Å². The van der Waals surface area contributed by atoms with E-state index in [1.165, 1.54) is 37.4 Å². The molecule has 0 fully saturated rings. The smallest absolute Gasteiger partial charge is 0.190 e. The molecule has 0 aliphatic heterocycles. The highest BCUT2D eigenvalue weighted by Gasteiger charge is 2.17. The quantitative estimate of drug-likeness (QED) is 0.222. The van der Waals surface area contributed by atoms with Crippen molar-refractivity contribution >= 4 is 64.5 Å². The molecular weight excluding hydrogens is 520 g/mol. The minimum atomic E-state index is 0.903. The second-order valence-electron chi connectivity index (χ2n) is 10.4. The van der Waals surface area contributed by atoms with E-state index in [0.717, 1.165) is 44.0 Å². The summed E-state index contributed by atoms with van der Waals surface area (Å²) in [5, 5.41) is 6.00. The molecule has 0 bridgehead atoms. The molecule has 4 aromatic heterocycles. The SMILES string of the molecule is c1ccc(-c2ccc3sc4oc5ccc(-c6cccc(-n7c8ccccc8c8ccccc87)n6)cc5c4c3c2)cc1. The van der Waals surface area contributed by atoms with Crippen molar-refractivity contribution in [2.75, 3.05) is 0 Å². The molecule has 4 heteroatoms. The molecule has 4 heterocycles. The van der Waals surface area contributed by atoms with Gasteiger partial charge in [0.05, 0.1) is 16.7 Å². The highest BCUT2D eigenvalue weighted by molar-refractivity contribution is 7.25. The van der Waals surface area contributed by atoms with Gasteiger partial charge in [-0.2, -0.15) is 0 Å². The molecule has 0 saturated carbocycles. The molecule has 3 nitrogen and oxygen atoms in total. The van der Waals surface area contributed by atoms with Gasteiger partial charge in [-0.25, -0.2) is 4.98 Å². The molecule has 5 aromatic carbocycles. The minimum absolute atomic E-state index is 0.903. The average Bonchev–Trinajstić information content (AvgIpc) is 3.69. The molecule has 9 rings (SSSR count). The van der Waals surface area contributed by atoms with E-state index in [9.17, 15) is 0 Å². The van der Waals surface area contributed by atoms with Crippen LogP contribution in [0.15, 0.2) is 138 Å². The maximum atomic E-state index is 6.35. The van der Waals surface area contributed by atoms with Gasteiger partial charge in [-0.3, -0.25) is 4.57 Å². The Morgan fingerprint density at radius 2 is 1.24 bits per heavy atom. The first-order valence-corrected chi connectivity index (χ1v) is 14.5. The highest BCUT2D eigenvalue weighted by atomic mass is 32.1. The third-order valence-corrected chi connectivity index (χ3v) is 9.10. The van der Waals surface area contributed by atoms with E-state index in [0.29, 0.717) is 0 Å². The molecule has 0 N–H and O–H groups in total. The van der Waals surface area contributed by atoms with E-state index >= 15 is 0 Å². The lowest BCUT2D eigenvalue weighted by atomic mass is 10.0. The second-order valence-corrected chi connectivity index (χ2v) is 11.4. The van der Waals surface area contributed by atoms with Gasteiger partial charge in [0.2, 0.25) is 0 Å². The van der Waals surface area contributed by atoms with Gasteiger partial charge in [-0.05, 0) is 65.7 Å². The zero-order valence-electron chi connectivity index (χ0n) is 21.9. The number of hydrogen-bond acceptors (Lipinski definition) is 3. The largest absolute Gasteiger partial charge is 0.445 e. The number of pyridine rings is 1. The van der Waals surface area contributed by atoms with Gasteiger partial charge in [-0.15, -0.1) is 0 Å². The molecule has 0 radical (unpaired) electrons. The van der Waals surface area contributed by atoms with Crippen molar-refractivity contribution in [3.05, 3.63) is 133 Å². The first-order chi connectivity index (χ1) is 20.3. The second kappa shape index (κ2) is 8.65. The number of aromatic nitrogens is 2. The molecule has 0 spiro atoms. The van der Waals surface area contributed by atoms with E-state index < -0.39 is 0 Å². The van der Waals surface area contributed by atoms with Crippen molar-refractivity contribution in [2.45, 2.75) is 0 Å². The van der Waals surface area contributed by atoms with Crippen LogP contribution in [0.1, 0.15) is 0 Å². The summed E-state index contributed by atoms with van der Waals surface area (Å²) in [5.41, 5.74) is 7.65. The maximum absolute atomic E-state index is 6.35. The van der Waals surface area contributed by atoms with Gasteiger partial charge in [0, 0.05) is 37.2 Å². The van der Waals surface area contributed by atoms with Crippen LogP contribution in [0.4, 0.5) is 0 Å². The predicted octanol–water partition coefficient (Wildman–Crippen LogP) is 10.6. The van der Waals surface area contributed by atoms with Crippen molar-refractivity contribution < 1.29 is 4.42 Å². The lowest BCUT2D eigenvalue weighted by Gasteiger charge is -2.09. The van der Waals surface area contributed by atoms with E-state index in [-0.39, 0.29) is 0 Å². The topological polar surface area (TPSA) is 31.0 Å². The summed E-state index contributed by atoms with van der Waals surface area (Å²) in [7, 11) is 0. The van der Waals surface area contributed by atoms with Crippen LogP contribution < -0.4 is 0 Å². The van der Waals surface area contributed by atoms with E-state index in [4.69, 9.17) is 9.40 Å². The summed E-state index contributed by atoms with van der Waals surface area (Å²) >= 11 is 1.71. The van der Waals surface area contributed by atoms with Gasteiger partial charge < -0.3 is 4.42 Å². The Morgan fingerprint density at radius 1 is 0.537 bits per heavy atom. The van der Waals surface area contributed by atoms with Gasteiger partial charge >= 0.3 is 0 Å². The van der Waals surface area contributed by atoms with Crippen LogP contribution in [0, 0.1) is 0 Å². The molecule has 0 aliphatic carbocycles. The highest BCUT2D eigenvalue weighted by Crippen LogP contribution is 2.43. The first-order valence-electron chi connectivity index (χ1n) is 13.7. The fraction of sp³-hybridized carbons (Fsp3) is 0. The Labute approximate surface area is 239 Å². The lowest BCUT2D eigenvalue weighted by molar-refractivity contribution is 0.678.